The second-order valence-corrected chi connectivity index (χ2v) is 2.85. The van der Waals surface area contributed by atoms with E-state index in [4.69, 9.17) is 5.73 Å². The molecule has 1 amide bonds. The van der Waals surface area contributed by atoms with E-state index in [0.717, 1.165) is 0 Å². The lowest BCUT2D eigenvalue weighted by Gasteiger charge is -2.13. The topological polar surface area (TPSA) is 72.6 Å². The van der Waals surface area contributed by atoms with Crippen LogP contribution in [0.3, 0.4) is 0 Å². The monoisotopic (exact) mass is 188 g/mol. The van der Waals surface area contributed by atoms with Crippen LogP contribution in [0.5, 0.6) is 0 Å². The number of amides is 1. The lowest BCUT2D eigenvalue weighted by atomic mass is 10.2. The number of carbonyl (C=O) groups is 2. The van der Waals surface area contributed by atoms with Crippen molar-refractivity contribution in [1.29, 1.82) is 0 Å². The van der Waals surface area contributed by atoms with Crippen LogP contribution in [0.4, 0.5) is 0 Å². The number of carbonyl (C=O) groups excluding carboxylic acids is 2. The normalized spacial score (nSPS) is 12.0. The second kappa shape index (κ2) is 5.53. The number of ether oxygens (including phenoxy) is 1. The van der Waals surface area contributed by atoms with Gasteiger partial charge in [-0.15, -0.1) is 0 Å². The Morgan fingerprint density at radius 2 is 2.00 bits per heavy atom. The van der Waals surface area contributed by atoms with Crippen LogP contribution in [0, 0.1) is 0 Å². The third-order valence-electron chi connectivity index (χ3n) is 1.48. The summed E-state index contributed by atoms with van der Waals surface area (Å²) in [5.41, 5.74) is 5.42. The Morgan fingerprint density at radius 3 is 2.38 bits per heavy atom. The van der Waals surface area contributed by atoms with E-state index in [-0.39, 0.29) is 18.9 Å². The van der Waals surface area contributed by atoms with Gasteiger partial charge in [-0.1, -0.05) is 0 Å². The van der Waals surface area contributed by atoms with Crippen LogP contribution in [0.15, 0.2) is 0 Å². The molecule has 0 fully saturated rings. The summed E-state index contributed by atoms with van der Waals surface area (Å²) in [5.74, 6) is -0.710. The smallest absolute Gasteiger partial charge is 0.323 e. The molecule has 5 heteroatoms. The van der Waals surface area contributed by atoms with Gasteiger partial charge in [0, 0.05) is 14.1 Å². The fourth-order valence-corrected chi connectivity index (χ4v) is 0.703. The molecule has 0 spiro atoms. The first-order valence-corrected chi connectivity index (χ1v) is 4.11. The van der Waals surface area contributed by atoms with Gasteiger partial charge in [0.15, 0.2) is 0 Å². The zero-order valence-corrected chi connectivity index (χ0v) is 8.24. The molecule has 5 nitrogen and oxygen atoms in total. The molecule has 0 bridgehead atoms. The van der Waals surface area contributed by atoms with Gasteiger partial charge < -0.3 is 15.4 Å². The molecule has 0 aliphatic carbocycles. The molecule has 0 unspecified atom stereocenters. The van der Waals surface area contributed by atoms with Crippen LogP contribution in [0.1, 0.15) is 13.3 Å². The van der Waals surface area contributed by atoms with Crippen molar-refractivity contribution in [3.05, 3.63) is 0 Å². The highest BCUT2D eigenvalue weighted by molar-refractivity contribution is 5.84. The van der Waals surface area contributed by atoms with Crippen LogP contribution < -0.4 is 5.73 Å². The zero-order chi connectivity index (χ0) is 10.4. The van der Waals surface area contributed by atoms with E-state index in [1.54, 1.807) is 21.0 Å². The Kier molecular flexibility index (Phi) is 5.06. The van der Waals surface area contributed by atoms with E-state index in [0.29, 0.717) is 0 Å². The average Bonchev–Trinajstić information content (AvgIpc) is 2.04. The molecule has 0 radical (unpaired) electrons. The Morgan fingerprint density at radius 1 is 1.46 bits per heavy atom. The summed E-state index contributed by atoms with van der Waals surface area (Å²) in [6, 6.07) is -0.852. The lowest BCUT2D eigenvalue weighted by molar-refractivity contribution is -0.147. The van der Waals surface area contributed by atoms with Crippen molar-refractivity contribution in [2.45, 2.75) is 19.4 Å². The fourth-order valence-electron chi connectivity index (χ4n) is 0.703. The summed E-state index contributed by atoms with van der Waals surface area (Å²) in [5, 5.41) is 0. The van der Waals surface area contributed by atoms with Crippen molar-refractivity contribution in [3.63, 3.8) is 0 Å². The van der Waals surface area contributed by atoms with Crippen LogP contribution in [-0.4, -0.2) is 43.5 Å². The van der Waals surface area contributed by atoms with Crippen molar-refractivity contribution in [3.8, 4) is 0 Å². The van der Waals surface area contributed by atoms with Crippen LogP contribution in [0.25, 0.3) is 0 Å². The van der Waals surface area contributed by atoms with E-state index < -0.39 is 12.0 Å². The van der Waals surface area contributed by atoms with Gasteiger partial charge in [-0.25, -0.2) is 0 Å². The number of hydrogen-bond acceptors (Lipinski definition) is 4. The van der Waals surface area contributed by atoms with Gasteiger partial charge in [-0.05, 0) is 6.92 Å². The summed E-state index contributed by atoms with van der Waals surface area (Å²) in [4.78, 5) is 23.5. The number of esters is 1. The van der Waals surface area contributed by atoms with Gasteiger partial charge in [-0.2, -0.15) is 0 Å². The molecule has 0 rings (SSSR count). The fraction of sp³-hybridized carbons (Fsp3) is 0.750. The molecule has 0 heterocycles. The highest BCUT2D eigenvalue weighted by Crippen LogP contribution is 1.95. The molecule has 13 heavy (non-hydrogen) atoms. The number of rotatable bonds is 4. The predicted molar refractivity (Wildman–Crippen MR) is 47.9 cm³/mol. The van der Waals surface area contributed by atoms with Gasteiger partial charge in [0.05, 0.1) is 13.0 Å². The largest absolute Gasteiger partial charge is 0.465 e. The molecule has 0 aromatic carbocycles. The summed E-state index contributed by atoms with van der Waals surface area (Å²) in [7, 11) is 3.22. The number of nitrogens with zero attached hydrogens (tertiary/aromatic N) is 1. The number of hydrogen-bond donors (Lipinski definition) is 1. The van der Waals surface area contributed by atoms with Gasteiger partial charge in [0.1, 0.15) is 6.04 Å². The van der Waals surface area contributed by atoms with E-state index >= 15 is 0 Å². The maximum absolute atomic E-state index is 11.1. The Bertz CT molecular complexity index is 192. The molecule has 0 saturated heterocycles. The quantitative estimate of drug-likeness (QED) is 0.595. The molecule has 0 aliphatic rings. The van der Waals surface area contributed by atoms with Gasteiger partial charge in [0.2, 0.25) is 5.91 Å². The first-order valence-electron chi connectivity index (χ1n) is 4.11. The van der Waals surface area contributed by atoms with E-state index in [1.165, 1.54) is 4.90 Å². The summed E-state index contributed by atoms with van der Waals surface area (Å²) in [6.45, 7) is 1.97. The first-order chi connectivity index (χ1) is 5.99. The molecule has 0 aliphatic heterocycles. The molecule has 2 N–H and O–H groups in total. The van der Waals surface area contributed by atoms with Gasteiger partial charge in [-0.3, -0.25) is 9.59 Å². The minimum absolute atomic E-state index is 0.00810. The molecular weight excluding hydrogens is 172 g/mol. The minimum atomic E-state index is -0.852. The molecule has 0 saturated carbocycles. The van der Waals surface area contributed by atoms with Crippen LogP contribution in [0.2, 0.25) is 0 Å². The Hall–Kier alpha value is -1.10. The predicted octanol–water partition coefficient (Wildman–Crippen LogP) is -0.645. The first kappa shape index (κ1) is 11.9. The SMILES string of the molecule is CCOC(=O)[C@@H](N)CC(=O)N(C)C. The van der Waals surface area contributed by atoms with Crippen molar-refractivity contribution in [2.75, 3.05) is 20.7 Å². The highest BCUT2D eigenvalue weighted by Gasteiger charge is 2.19. The average molecular weight is 188 g/mol. The van der Waals surface area contributed by atoms with Gasteiger partial charge >= 0.3 is 5.97 Å². The highest BCUT2D eigenvalue weighted by atomic mass is 16.5. The molecule has 1 atom stereocenters. The summed E-state index contributed by atoms with van der Waals surface area (Å²) < 4.78 is 4.65. The summed E-state index contributed by atoms with van der Waals surface area (Å²) in [6.07, 6.45) is -0.00810. The maximum Gasteiger partial charge on any atom is 0.323 e. The number of nitrogens with two attached hydrogens (primary N) is 1. The standard InChI is InChI=1S/C8H16N2O3/c1-4-13-8(12)6(9)5-7(11)10(2)3/h6H,4-5,9H2,1-3H3/t6-/m0/s1. The molecule has 0 aromatic heterocycles. The summed E-state index contributed by atoms with van der Waals surface area (Å²) >= 11 is 0. The van der Waals surface area contributed by atoms with Crippen molar-refractivity contribution in [1.82, 2.24) is 4.90 Å². The third kappa shape index (κ3) is 4.47. The third-order valence-corrected chi connectivity index (χ3v) is 1.48. The second-order valence-electron chi connectivity index (χ2n) is 2.85. The van der Waals surface area contributed by atoms with E-state index in [2.05, 4.69) is 4.74 Å². The Labute approximate surface area is 77.8 Å². The molecular formula is C8H16N2O3. The van der Waals surface area contributed by atoms with E-state index in [9.17, 15) is 9.59 Å². The van der Waals surface area contributed by atoms with Crippen molar-refractivity contribution in [2.24, 2.45) is 5.73 Å². The van der Waals surface area contributed by atoms with Crippen molar-refractivity contribution >= 4 is 11.9 Å². The molecule has 0 aromatic rings. The Balaban J connectivity index is 3.92. The van der Waals surface area contributed by atoms with Crippen molar-refractivity contribution < 1.29 is 14.3 Å². The molecule has 76 valence electrons. The van der Waals surface area contributed by atoms with Gasteiger partial charge in [0.25, 0.3) is 0 Å². The lowest BCUT2D eigenvalue weighted by Crippen LogP contribution is -2.37. The van der Waals surface area contributed by atoms with Crippen LogP contribution in [-0.2, 0) is 14.3 Å². The zero-order valence-electron chi connectivity index (χ0n) is 8.24. The van der Waals surface area contributed by atoms with E-state index in [1.807, 2.05) is 0 Å². The minimum Gasteiger partial charge on any atom is -0.465 e. The van der Waals surface area contributed by atoms with Crippen LogP contribution >= 0.6 is 0 Å². The maximum atomic E-state index is 11.1.